The highest BCUT2D eigenvalue weighted by atomic mass is 16.3. The first-order valence-electron chi connectivity index (χ1n) is 9.40. The zero-order valence-corrected chi connectivity index (χ0v) is 15.8. The molecule has 4 rings (SSSR count). The Morgan fingerprint density at radius 3 is 2.46 bits per heavy atom. The fourth-order valence-electron chi connectivity index (χ4n) is 3.96. The molecule has 7 heteroatoms. The average molecular weight is 380 g/mol. The van der Waals surface area contributed by atoms with E-state index in [-0.39, 0.29) is 30.3 Å². The number of phenols is 1. The van der Waals surface area contributed by atoms with Gasteiger partial charge in [-0.1, -0.05) is 42.5 Å². The number of piperazine rings is 1. The van der Waals surface area contributed by atoms with E-state index in [0.717, 1.165) is 11.1 Å². The van der Waals surface area contributed by atoms with Crippen LogP contribution in [0.4, 0.5) is 0 Å². The number of carbonyl (C=O) groups is 2. The van der Waals surface area contributed by atoms with Crippen molar-refractivity contribution < 1.29 is 14.7 Å². The third-order valence-electron chi connectivity index (χ3n) is 5.27. The van der Waals surface area contributed by atoms with Crippen molar-refractivity contribution in [3.05, 3.63) is 65.7 Å². The largest absolute Gasteiger partial charge is 0.508 e. The number of hydrogen-bond donors (Lipinski definition) is 2. The van der Waals surface area contributed by atoms with Gasteiger partial charge in [-0.15, -0.1) is 0 Å². The van der Waals surface area contributed by atoms with Gasteiger partial charge in [-0.2, -0.15) is 0 Å². The van der Waals surface area contributed by atoms with Crippen LogP contribution >= 0.6 is 0 Å². The van der Waals surface area contributed by atoms with Crippen molar-refractivity contribution in [3.8, 4) is 5.75 Å². The standard InChI is InChI=1S/C21H24N4O3/c1-23-14-20(27)25-18(11-15-7-9-17(26)10-8-15)21(28)24(13-19(25)22-23)12-16-5-3-2-4-6-16/h2-10,18-19,22,26H,11-14H2,1H3/t18-,19+/m0/s1. The molecule has 2 amide bonds. The zero-order chi connectivity index (χ0) is 19.7. The Labute approximate surface area is 164 Å². The van der Waals surface area contributed by atoms with Gasteiger partial charge in [0.05, 0.1) is 13.1 Å². The molecule has 2 aromatic rings. The summed E-state index contributed by atoms with van der Waals surface area (Å²) in [5.74, 6) is 0.0789. The fraction of sp³-hybridized carbons (Fsp3) is 0.333. The smallest absolute Gasteiger partial charge is 0.246 e. The molecule has 0 unspecified atom stereocenters. The molecule has 2 N–H and O–H groups in total. The lowest BCUT2D eigenvalue weighted by atomic mass is 9.98. The first-order valence-corrected chi connectivity index (χ1v) is 9.40. The van der Waals surface area contributed by atoms with Crippen molar-refractivity contribution in [1.29, 1.82) is 0 Å². The van der Waals surface area contributed by atoms with E-state index in [1.54, 1.807) is 34.2 Å². The summed E-state index contributed by atoms with van der Waals surface area (Å²) >= 11 is 0. The fourth-order valence-corrected chi connectivity index (χ4v) is 3.96. The summed E-state index contributed by atoms with van der Waals surface area (Å²) in [5.41, 5.74) is 5.28. The molecule has 0 aromatic heterocycles. The highest BCUT2D eigenvalue weighted by Crippen LogP contribution is 2.24. The Morgan fingerprint density at radius 2 is 1.75 bits per heavy atom. The number of hydrogen-bond acceptors (Lipinski definition) is 5. The lowest BCUT2D eigenvalue weighted by molar-refractivity contribution is -0.167. The second-order valence-electron chi connectivity index (χ2n) is 7.39. The molecule has 0 radical (unpaired) electrons. The van der Waals surface area contributed by atoms with Crippen molar-refractivity contribution in [2.45, 2.75) is 25.2 Å². The van der Waals surface area contributed by atoms with Crippen LogP contribution in [0.3, 0.4) is 0 Å². The Balaban J connectivity index is 1.62. The van der Waals surface area contributed by atoms with Crippen molar-refractivity contribution in [1.82, 2.24) is 20.2 Å². The lowest BCUT2D eigenvalue weighted by Gasteiger charge is -2.50. The molecule has 0 bridgehead atoms. The van der Waals surface area contributed by atoms with Gasteiger partial charge in [-0.25, -0.2) is 10.4 Å². The highest BCUT2D eigenvalue weighted by molar-refractivity contribution is 5.90. The lowest BCUT2D eigenvalue weighted by Crippen LogP contribution is -2.73. The molecule has 0 saturated carbocycles. The van der Waals surface area contributed by atoms with Gasteiger partial charge >= 0.3 is 0 Å². The SMILES string of the molecule is CN1CC(=O)N2[C@H](CN(Cc3ccccc3)C(=O)[C@@H]2Cc2ccc(O)cc2)N1. The summed E-state index contributed by atoms with van der Waals surface area (Å²) in [4.78, 5) is 29.6. The summed E-state index contributed by atoms with van der Waals surface area (Å²) in [7, 11) is 1.84. The summed E-state index contributed by atoms with van der Waals surface area (Å²) in [5, 5.41) is 11.3. The van der Waals surface area contributed by atoms with Crippen LogP contribution in [0, 0.1) is 0 Å². The number of nitrogens with one attached hydrogen (secondary N) is 1. The average Bonchev–Trinajstić information content (AvgIpc) is 2.67. The van der Waals surface area contributed by atoms with Gasteiger partial charge in [-0.05, 0) is 23.3 Å². The Morgan fingerprint density at radius 1 is 1.04 bits per heavy atom. The second-order valence-corrected chi connectivity index (χ2v) is 7.39. The number of carbonyl (C=O) groups excluding carboxylic acids is 2. The van der Waals surface area contributed by atoms with E-state index in [4.69, 9.17) is 0 Å². The van der Waals surface area contributed by atoms with Crippen molar-refractivity contribution in [2.75, 3.05) is 20.1 Å². The van der Waals surface area contributed by atoms with E-state index in [9.17, 15) is 14.7 Å². The minimum atomic E-state index is -0.569. The molecular weight excluding hydrogens is 356 g/mol. The van der Waals surface area contributed by atoms with E-state index in [0.29, 0.717) is 19.5 Å². The van der Waals surface area contributed by atoms with Crippen LogP contribution in [0.1, 0.15) is 11.1 Å². The third-order valence-corrected chi connectivity index (χ3v) is 5.27. The topological polar surface area (TPSA) is 76.1 Å². The maximum absolute atomic E-state index is 13.3. The predicted molar refractivity (Wildman–Crippen MR) is 104 cm³/mol. The minimum absolute atomic E-state index is 0.0483. The Bertz CT molecular complexity index is 856. The Hall–Kier alpha value is -2.90. The zero-order valence-electron chi connectivity index (χ0n) is 15.8. The summed E-state index contributed by atoms with van der Waals surface area (Å²) in [6.45, 7) is 1.18. The molecule has 2 aliphatic heterocycles. The molecule has 2 heterocycles. The van der Waals surface area contributed by atoms with E-state index < -0.39 is 6.04 Å². The number of hydrazine groups is 1. The second kappa shape index (κ2) is 7.61. The molecular formula is C21H24N4O3. The minimum Gasteiger partial charge on any atom is -0.508 e. The maximum Gasteiger partial charge on any atom is 0.246 e. The number of aromatic hydroxyl groups is 1. The molecule has 146 valence electrons. The number of fused-ring (bicyclic) bond motifs is 1. The number of phenolic OH excluding ortho intramolecular Hbond substituents is 1. The molecule has 0 spiro atoms. The van der Waals surface area contributed by atoms with Gasteiger partial charge in [0, 0.05) is 20.0 Å². The van der Waals surface area contributed by atoms with Gasteiger partial charge in [-0.3, -0.25) is 9.59 Å². The first-order chi connectivity index (χ1) is 13.5. The number of amides is 2. The molecule has 2 aliphatic rings. The van der Waals surface area contributed by atoms with Gasteiger partial charge in [0.1, 0.15) is 18.0 Å². The Kier molecular flexibility index (Phi) is 5.02. The predicted octanol–water partition coefficient (Wildman–Crippen LogP) is 0.950. The molecule has 28 heavy (non-hydrogen) atoms. The molecule has 2 aromatic carbocycles. The van der Waals surface area contributed by atoms with Gasteiger partial charge in [0.2, 0.25) is 11.8 Å². The van der Waals surface area contributed by atoms with Crippen molar-refractivity contribution >= 4 is 11.8 Å². The summed E-state index contributed by atoms with van der Waals surface area (Å²) in [6, 6.07) is 16.1. The first kappa shape index (κ1) is 18.5. The highest BCUT2D eigenvalue weighted by Gasteiger charge is 2.45. The maximum atomic E-state index is 13.3. The molecule has 2 fully saturated rings. The molecule has 2 atom stereocenters. The van der Waals surface area contributed by atoms with Crippen molar-refractivity contribution in [3.63, 3.8) is 0 Å². The monoisotopic (exact) mass is 380 g/mol. The summed E-state index contributed by atoms with van der Waals surface area (Å²) < 4.78 is 0. The van der Waals surface area contributed by atoms with E-state index in [1.807, 2.05) is 42.3 Å². The molecule has 7 nitrogen and oxygen atoms in total. The molecule has 0 aliphatic carbocycles. The van der Waals surface area contributed by atoms with Crippen LogP contribution < -0.4 is 5.43 Å². The van der Waals surface area contributed by atoms with Crippen LogP contribution in [0.25, 0.3) is 0 Å². The molecule has 2 saturated heterocycles. The van der Waals surface area contributed by atoms with E-state index >= 15 is 0 Å². The van der Waals surface area contributed by atoms with Crippen LogP contribution in [-0.4, -0.2) is 64.1 Å². The van der Waals surface area contributed by atoms with Gasteiger partial charge in [0.15, 0.2) is 0 Å². The van der Waals surface area contributed by atoms with Crippen molar-refractivity contribution in [2.24, 2.45) is 0 Å². The quantitative estimate of drug-likeness (QED) is 0.826. The number of rotatable bonds is 4. The van der Waals surface area contributed by atoms with E-state index in [2.05, 4.69) is 5.43 Å². The van der Waals surface area contributed by atoms with Gasteiger partial charge in [0.25, 0.3) is 0 Å². The van der Waals surface area contributed by atoms with Crippen LogP contribution in [0.5, 0.6) is 5.75 Å². The number of likely N-dealkylation sites (N-methyl/N-ethyl adjacent to an activating group) is 1. The van der Waals surface area contributed by atoms with Gasteiger partial charge < -0.3 is 14.9 Å². The number of benzene rings is 2. The third kappa shape index (κ3) is 3.72. The van der Waals surface area contributed by atoms with Crippen LogP contribution in [0.15, 0.2) is 54.6 Å². The van der Waals surface area contributed by atoms with Crippen LogP contribution in [-0.2, 0) is 22.6 Å². The number of nitrogens with zero attached hydrogens (tertiary/aromatic N) is 3. The normalized spacial score (nSPS) is 23.0. The van der Waals surface area contributed by atoms with Crippen LogP contribution in [0.2, 0.25) is 0 Å². The van der Waals surface area contributed by atoms with E-state index in [1.165, 1.54) is 0 Å². The summed E-state index contributed by atoms with van der Waals surface area (Å²) in [6.07, 6.45) is 0.160.